The van der Waals surface area contributed by atoms with Crippen molar-refractivity contribution in [2.24, 2.45) is 0 Å². The lowest BCUT2D eigenvalue weighted by molar-refractivity contribution is 0.0694. The Labute approximate surface area is 148 Å². The van der Waals surface area contributed by atoms with Crippen molar-refractivity contribution in [2.45, 2.75) is 19.4 Å². The second-order valence-corrected chi connectivity index (χ2v) is 5.91. The molecular formula is C16H15Cl2NO5. The van der Waals surface area contributed by atoms with Gasteiger partial charge in [-0.3, -0.25) is 4.79 Å². The van der Waals surface area contributed by atoms with Gasteiger partial charge in [-0.2, -0.15) is 0 Å². The van der Waals surface area contributed by atoms with Gasteiger partial charge in [0.2, 0.25) is 0 Å². The summed E-state index contributed by atoms with van der Waals surface area (Å²) in [6.45, 7) is 1.61. The third-order valence-corrected chi connectivity index (χ3v) is 3.75. The lowest BCUT2D eigenvalue weighted by atomic mass is 10.1. The number of carbonyl (C=O) groups is 2. The molecule has 1 heterocycles. The summed E-state index contributed by atoms with van der Waals surface area (Å²) in [5, 5.41) is 22.4. The Kier molecular flexibility index (Phi) is 5.88. The van der Waals surface area contributed by atoms with E-state index in [0.29, 0.717) is 22.0 Å². The van der Waals surface area contributed by atoms with Gasteiger partial charge < -0.3 is 19.9 Å². The lowest BCUT2D eigenvalue weighted by Gasteiger charge is -2.12. The number of nitrogens with one attached hydrogen (secondary N) is 1. The number of amides is 1. The number of carboxylic acids is 1. The van der Waals surface area contributed by atoms with Crippen LogP contribution in [-0.2, 0) is 6.42 Å². The third kappa shape index (κ3) is 4.29. The summed E-state index contributed by atoms with van der Waals surface area (Å²) in [7, 11) is 0. The Balaban J connectivity index is 2.06. The van der Waals surface area contributed by atoms with Crippen molar-refractivity contribution in [2.75, 3.05) is 6.54 Å². The molecule has 2 rings (SSSR count). The number of aryl methyl sites for hydroxylation is 1. The first kappa shape index (κ1) is 18.3. The molecule has 6 nitrogen and oxygen atoms in total. The van der Waals surface area contributed by atoms with Crippen LogP contribution in [0, 0.1) is 0 Å². The summed E-state index contributed by atoms with van der Waals surface area (Å²) in [4.78, 5) is 23.1. The predicted molar refractivity (Wildman–Crippen MR) is 88.8 cm³/mol. The van der Waals surface area contributed by atoms with Crippen LogP contribution in [0.5, 0.6) is 0 Å². The molecule has 3 N–H and O–H groups in total. The average Bonchev–Trinajstić information content (AvgIpc) is 2.96. The molecule has 0 aliphatic carbocycles. The molecule has 1 amide bonds. The fourth-order valence-electron chi connectivity index (χ4n) is 2.15. The number of hydrogen-bond donors (Lipinski definition) is 3. The fraction of sp³-hybridized carbons (Fsp3) is 0.250. The SMILES string of the molecule is CCc1oc(C(=O)NCC(O)c2cc(Cl)cc(Cl)c2)cc1C(=O)O. The number of carbonyl (C=O) groups excluding carboxylic acids is 1. The molecular weight excluding hydrogens is 357 g/mol. The number of rotatable bonds is 6. The number of aliphatic hydroxyl groups excluding tert-OH is 1. The molecule has 1 unspecified atom stereocenters. The zero-order chi connectivity index (χ0) is 17.9. The summed E-state index contributed by atoms with van der Waals surface area (Å²) in [6.07, 6.45) is -0.678. The van der Waals surface area contributed by atoms with Crippen LogP contribution in [0.15, 0.2) is 28.7 Å². The second kappa shape index (κ2) is 7.70. The zero-order valence-corrected chi connectivity index (χ0v) is 14.2. The van der Waals surface area contributed by atoms with E-state index in [-0.39, 0.29) is 23.6 Å². The molecule has 128 valence electrons. The van der Waals surface area contributed by atoms with Crippen molar-refractivity contribution < 1.29 is 24.2 Å². The molecule has 0 radical (unpaired) electrons. The third-order valence-electron chi connectivity index (χ3n) is 3.31. The topological polar surface area (TPSA) is 99.8 Å². The normalized spacial score (nSPS) is 12.0. The number of furan rings is 1. The quantitative estimate of drug-likeness (QED) is 0.723. The Hall–Kier alpha value is -2.02. The second-order valence-electron chi connectivity index (χ2n) is 5.03. The molecule has 1 aromatic heterocycles. The lowest BCUT2D eigenvalue weighted by Crippen LogP contribution is -2.28. The van der Waals surface area contributed by atoms with Gasteiger partial charge in [-0.25, -0.2) is 4.79 Å². The molecule has 0 bridgehead atoms. The summed E-state index contributed by atoms with van der Waals surface area (Å²) in [6, 6.07) is 5.77. The van der Waals surface area contributed by atoms with Crippen LogP contribution in [0.25, 0.3) is 0 Å². The zero-order valence-electron chi connectivity index (χ0n) is 12.7. The van der Waals surface area contributed by atoms with Crippen LogP contribution in [0.3, 0.4) is 0 Å². The van der Waals surface area contributed by atoms with Gasteiger partial charge >= 0.3 is 5.97 Å². The monoisotopic (exact) mass is 371 g/mol. The van der Waals surface area contributed by atoms with E-state index in [0.717, 1.165) is 0 Å². The number of aliphatic hydroxyl groups is 1. The Morgan fingerprint density at radius 2 is 1.83 bits per heavy atom. The molecule has 8 heteroatoms. The average molecular weight is 372 g/mol. The largest absolute Gasteiger partial charge is 0.478 e. The summed E-state index contributed by atoms with van der Waals surface area (Å²) >= 11 is 11.7. The number of hydrogen-bond acceptors (Lipinski definition) is 4. The van der Waals surface area contributed by atoms with E-state index in [1.807, 2.05) is 0 Å². The molecule has 2 aromatic rings. The maximum atomic E-state index is 12.1. The first-order chi connectivity index (χ1) is 11.3. The molecule has 0 saturated heterocycles. The first-order valence-electron chi connectivity index (χ1n) is 7.10. The first-order valence-corrected chi connectivity index (χ1v) is 7.85. The van der Waals surface area contributed by atoms with Crippen LogP contribution >= 0.6 is 23.2 Å². The molecule has 0 fully saturated rings. The van der Waals surface area contributed by atoms with E-state index in [9.17, 15) is 14.7 Å². The molecule has 0 saturated carbocycles. The Bertz CT molecular complexity index is 752. The van der Waals surface area contributed by atoms with Crippen LogP contribution in [0.4, 0.5) is 0 Å². The van der Waals surface area contributed by atoms with Gasteiger partial charge in [0, 0.05) is 29.1 Å². The maximum Gasteiger partial charge on any atom is 0.339 e. The summed E-state index contributed by atoms with van der Waals surface area (Å²) < 4.78 is 5.25. The van der Waals surface area contributed by atoms with Crippen molar-refractivity contribution in [3.63, 3.8) is 0 Å². The van der Waals surface area contributed by atoms with Gasteiger partial charge in [-0.05, 0) is 23.8 Å². The van der Waals surface area contributed by atoms with Gasteiger partial charge in [0.1, 0.15) is 11.3 Å². The number of halogens is 2. The minimum absolute atomic E-state index is 0.0511. The van der Waals surface area contributed by atoms with Crippen molar-refractivity contribution in [1.82, 2.24) is 5.32 Å². The van der Waals surface area contributed by atoms with Crippen LogP contribution in [0.1, 0.15) is 45.3 Å². The highest BCUT2D eigenvalue weighted by molar-refractivity contribution is 6.34. The molecule has 24 heavy (non-hydrogen) atoms. The fourth-order valence-corrected chi connectivity index (χ4v) is 2.69. The minimum atomic E-state index is -1.16. The number of aromatic carboxylic acids is 1. The van der Waals surface area contributed by atoms with E-state index in [1.165, 1.54) is 24.3 Å². The van der Waals surface area contributed by atoms with Gasteiger partial charge in [-0.15, -0.1) is 0 Å². The van der Waals surface area contributed by atoms with E-state index in [4.69, 9.17) is 32.7 Å². The van der Waals surface area contributed by atoms with Gasteiger partial charge in [0.25, 0.3) is 5.91 Å². The Morgan fingerprint density at radius 3 is 2.33 bits per heavy atom. The maximum absolute atomic E-state index is 12.1. The van der Waals surface area contributed by atoms with Gasteiger partial charge in [0.15, 0.2) is 5.76 Å². The molecule has 0 aliphatic rings. The van der Waals surface area contributed by atoms with Crippen LogP contribution < -0.4 is 5.32 Å². The van der Waals surface area contributed by atoms with Crippen molar-refractivity contribution in [3.05, 3.63) is 57.0 Å². The van der Waals surface area contributed by atoms with Crippen molar-refractivity contribution in [1.29, 1.82) is 0 Å². The van der Waals surface area contributed by atoms with E-state index in [1.54, 1.807) is 6.92 Å². The molecule has 0 spiro atoms. The van der Waals surface area contributed by atoms with E-state index < -0.39 is 18.0 Å². The highest BCUT2D eigenvalue weighted by Crippen LogP contribution is 2.23. The minimum Gasteiger partial charge on any atom is -0.478 e. The molecule has 0 aliphatic heterocycles. The molecule has 1 aromatic carbocycles. The number of carboxylic acid groups (broad SMARTS) is 1. The predicted octanol–water partition coefficient (Wildman–Crippen LogP) is 3.31. The summed E-state index contributed by atoms with van der Waals surface area (Å²) in [5.41, 5.74) is 0.400. The molecule has 1 atom stereocenters. The smallest absolute Gasteiger partial charge is 0.339 e. The van der Waals surface area contributed by atoms with Gasteiger partial charge in [-0.1, -0.05) is 30.1 Å². The van der Waals surface area contributed by atoms with E-state index in [2.05, 4.69) is 5.32 Å². The summed E-state index contributed by atoms with van der Waals surface area (Å²) in [5.74, 6) is -1.69. The highest BCUT2D eigenvalue weighted by Gasteiger charge is 2.20. The van der Waals surface area contributed by atoms with Crippen molar-refractivity contribution >= 4 is 35.1 Å². The number of benzene rings is 1. The van der Waals surface area contributed by atoms with Crippen LogP contribution in [-0.4, -0.2) is 28.6 Å². The van der Waals surface area contributed by atoms with Crippen LogP contribution in [0.2, 0.25) is 10.0 Å². The standard InChI is InChI=1S/C16H15Cl2NO5/c1-2-13-11(16(22)23)6-14(24-13)15(21)19-7-12(20)8-3-9(17)5-10(18)4-8/h3-6,12,20H,2,7H2,1H3,(H,19,21)(H,22,23). The van der Waals surface area contributed by atoms with E-state index >= 15 is 0 Å². The highest BCUT2D eigenvalue weighted by atomic mass is 35.5. The van der Waals surface area contributed by atoms with Gasteiger partial charge in [0.05, 0.1) is 6.10 Å². The Morgan fingerprint density at radius 1 is 1.21 bits per heavy atom. The van der Waals surface area contributed by atoms with Crippen molar-refractivity contribution in [3.8, 4) is 0 Å².